The monoisotopic (exact) mass is 480 g/mol. The summed E-state index contributed by atoms with van der Waals surface area (Å²) in [6.45, 7) is 5.20. The zero-order valence-electron chi connectivity index (χ0n) is 19.3. The van der Waals surface area contributed by atoms with Crippen LogP contribution < -0.4 is 23.8 Å². The standard InChI is InChI=1S/C24H24N4O5S/c1-6-13-34-24-25-22-19(26-27-24)15-9-7-8-10-17(15)28(14(2)29)23(33-22)16-11-12-18(30-3)21(32-5)20(16)31-4/h6-12,23H,1,13H2,2-5H3. The molecule has 1 amide bonds. The molecule has 1 unspecified atom stereocenters. The molecule has 1 aliphatic heterocycles. The zero-order chi connectivity index (χ0) is 24.2. The van der Waals surface area contributed by atoms with Gasteiger partial charge in [0.25, 0.3) is 0 Å². The number of carbonyl (C=O) groups is 1. The lowest BCUT2D eigenvalue weighted by molar-refractivity contribution is -0.118. The number of ether oxygens (including phenoxy) is 4. The normalized spacial score (nSPS) is 14.2. The van der Waals surface area contributed by atoms with Crippen LogP contribution in [0.15, 0.2) is 54.2 Å². The van der Waals surface area contributed by atoms with E-state index >= 15 is 0 Å². The van der Waals surface area contributed by atoms with Crippen LogP contribution in [0.1, 0.15) is 18.7 Å². The number of amides is 1. The quantitative estimate of drug-likeness (QED) is 0.362. The Morgan fingerprint density at radius 3 is 2.56 bits per heavy atom. The van der Waals surface area contributed by atoms with Crippen molar-refractivity contribution in [3.05, 3.63) is 54.6 Å². The van der Waals surface area contributed by atoms with Gasteiger partial charge in [0, 0.05) is 18.2 Å². The fourth-order valence-corrected chi connectivity index (χ4v) is 4.28. The average Bonchev–Trinajstić information content (AvgIpc) is 3.00. The van der Waals surface area contributed by atoms with E-state index in [1.165, 1.54) is 32.9 Å². The first kappa shape index (κ1) is 23.4. The van der Waals surface area contributed by atoms with Crippen molar-refractivity contribution < 1.29 is 23.7 Å². The Balaban J connectivity index is 1.97. The van der Waals surface area contributed by atoms with Crippen LogP contribution in [0, 0.1) is 0 Å². The molecule has 2 heterocycles. The highest BCUT2D eigenvalue weighted by Gasteiger charge is 2.37. The van der Waals surface area contributed by atoms with Crippen molar-refractivity contribution in [2.24, 2.45) is 0 Å². The molecular weight excluding hydrogens is 456 g/mol. The van der Waals surface area contributed by atoms with Gasteiger partial charge < -0.3 is 18.9 Å². The van der Waals surface area contributed by atoms with Crippen molar-refractivity contribution in [2.45, 2.75) is 18.3 Å². The van der Waals surface area contributed by atoms with Crippen LogP contribution in [0.25, 0.3) is 11.3 Å². The number of hydrogen-bond donors (Lipinski definition) is 0. The summed E-state index contributed by atoms with van der Waals surface area (Å²) in [4.78, 5) is 19.1. The third-order valence-electron chi connectivity index (χ3n) is 5.18. The minimum absolute atomic E-state index is 0.240. The van der Waals surface area contributed by atoms with Gasteiger partial charge in [-0.2, -0.15) is 4.98 Å². The predicted molar refractivity (Wildman–Crippen MR) is 129 cm³/mol. The summed E-state index contributed by atoms with van der Waals surface area (Å²) in [7, 11) is 4.58. The summed E-state index contributed by atoms with van der Waals surface area (Å²) in [5.41, 5.74) is 2.27. The minimum atomic E-state index is -0.927. The third-order valence-corrected chi connectivity index (χ3v) is 6.02. The molecule has 1 aromatic heterocycles. The molecule has 1 atom stereocenters. The van der Waals surface area contributed by atoms with E-state index in [1.807, 2.05) is 24.3 Å². The van der Waals surface area contributed by atoms with Gasteiger partial charge >= 0.3 is 0 Å². The molecule has 0 saturated carbocycles. The molecule has 0 radical (unpaired) electrons. The van der Waals surface area contributed by atoms with Crippen LogP contribution in [-0.2, 0) is 4.79 Å². The SMILES string of the molecule is C=CCSc1nnc2c(n1)OC(c1ccc(OC)c(OC)c1OC)N(C(C)=O)c1ccccc1-2. The summed E-state index contributed by atoms with van der Waals surface area (Å²) in [6.07, 6.45) is 0.827. The van der Waals surface area contributed by atoms with Crippen LogP contribution in [-0.4, -0.2) is 48.2 Å². The molecule has 34 heavy (non-hydrogen) atoms. The lowest BCUT2D eigenvalue weighted by Crippen LogP contribution is -2.36. The van der Waals surface area contributed by atoms with E-state index in [0.717, 1.165) is 0 Å². The number of nitrogens with zero attached hydrogens (tertiary/aromatic N) is 4. The van der Waals surface area contributed by atoms with Crippen molar-refractivity contribution in [1.82, 2.24) is 15.2 Å². The topological polar surface area (TPSA) is 95.9 Å². The number of hydrogen-bond acceptors (Lipinski definition) is 9. The number of fused-ring (bicyclic) bond motifs is 3. The molecule has 176 valence electrons. The van der Waals surface area contributed by atoms with E-state index < -0.39 is 6.23 Å². The molecule has 9 nitrogen and oxygen atoms in total. The number of methoxy groups -OCH3 is 3. The number of anilines is 1. The molecule has 3 aromatic rings. The lowest BCUT2D eigenvalue weighted by atomic mass is 10.1. The Labute approximate surface area is 201 Å². The van der Waals surface area contributed by atoms with Crippen molar-refractivity contribution in [3.63, 3.8) is 0 Å². The van der Waals surface area contributed by atoms with Gasteiger partial charge in [0.2, 0.25) is 28.9 Å². The molecular formula is C24H24N4O5S. The molecule has 10 heteroatoms. The first-order valence-corrected chi connectivity index (χ1v) is 11.4. The Hall–Kier alpha value is -3.79. The number of carbonyl (C=O) groups excluding carboxylic acids is 1. The maximum atomic E-state index is 13.0. The fraction of sp³-hybridized carbons (Fsp3) is 0.250. The molecule has 0 spiro atoms. The summed E-state index contributed by atoms with van der Waals surface area (Å²) in [5.74, 6) is 1.87. The molecule has 0 N–H and O–H groups in total. The van der Waals surface area contributed by atoms with Gasteiger partial charge in [-0.25, -0.2) is 0 Å². The van der Waals surface area contributed by atoms with E-state index in [2.05, 4.69) is 21.8 Å². The maximum absolute atomic E-state index is 13.0. The van der Waals surface area contributed by atoms with E-state index in [0.29, 0.717) is 50.7 Å². The van der Waals surface area contributed by atoms with Crippen LogP contribution in [0.2, 0.25) is 0 Å². The average molecular weight is 481 g/mol. The number of rotatable bonds is 7. The Kier molecular flexibility index (Phi) is 6.87. The van der Waals surface area contributed by atoms with Crippen LogP contribution in [0.5, 0.6) is 23.1 Å². The first-order valence-electron chi connectivity index (χ1n) is 10.4. The summed E-state index contributed by atoms with van der Waals surface area (Å²) in [6, 6.07) is 10.9. The van der Waals surface area contributed by atoms with E-state index in [-0.39, 0.29) is 11.8 Å². The number of benzene rings is 2. The molecule has 4 rings (SSSR count). The van der Waals surface area contributed by atoms with Gasteiger partial charge in [0.1, 0.15) is 0 Å². The fourth-order valence-electron chi connectivity index (χ4n) is 3.77. The van der Waals surface area contributed by atoms with Gasteiger partial charge in [-0.1, -0.05) is 36.0 Å². The molecule has 2 aromatic carbocycles. The van der Waals surface area contributed by atoms with Crippen LogP contribution >= 0.6 is 11.8 Å². The van der Waals surface area contributed by atoms with Crippen molar-refractivity contribution >= 4 is 23.4 Å². The molecule has 0 saturated heterocycles. The molecule has 0 bridgehead atoms. The minimum Gasteiger partial charge on any atom is -0.493 e. The largest absolute Gasteiger partial charge is 0.493 e. The molecule has 1 aliphatic rings. The second kappa shape index (κ2) is 10.0. The Bertz CT molecular complexity index is 1240. The number of para-hydroxylation sites is 1. The summed E-state index contributed by atoms with van der Waals surface area (Å²) < 4.78 is 23.1. The van der Waals surface area contributed by atoms with E-state index in [1.54, 1.807) is 30.2 Å². The number of aromatic nitrogens is 3. The second-order valence-corrected chi connectivity index (χ2v) is 8.13. The van der Waals surface area contributed by atoms with E-state index in [9.17, 15) is 4.79 Å². The van der Waals surface area contributed by atoms with Crippen molar-refractivity contribution in [3.8, 4) is 34.4 Å². The van der Waals surface area contributed by atoms with Crippen molar-refractivity contribution in [2.75, 3.05) is 32.0 Å². The zero-order valence-corrected chi connectivity index (χ0v) is 20.1. The highest BCUT2D eigenvalue weighted by Crippen LogP contribution is 2.48. The van der Waals surface area contributed by atoms with E-state index in [4.69, 9.17) is 18.9 Å². The summed E-state index contributed by atoms with van der Waals surface area (Å²) in [5, 5.41) is 9.06. The van der Waals surface area contributed by atoms with Gasteiger partial charge in [0.05, 0.1) is 32.6 Å². The van der Waals surface area contributed by atoms with Crippen LogP contribution in [0.3, 0.4) is 0 Å². The second-order valence-electron chi connectivity index (χ2n) is 7.15. The number of thioether (sulfide) groups is 1. The Morgan fingerprint density at radius 2 is 1.88 bits per heavy atom. The van der Waals surface area contributed by atoms with Gasteiger partial charge in [0.15, 0.2) is 17.2 Å². The first-order chi connectivity index (χ1) is 16.5. The highest BCUT2D eigenvalue weighted by atomic mass is 32.2. The third kappa shape index (κ3) is 4.12. The predicted octanol–water partition coefficient (Wildman–Crippen LogP) is 4.29. The lowest BCUT2D eigenvalue weighted by Gasteiger charge is -2.31. The Morgan fingerprint density at radius 1 is 1.12 bits per heavy atom. The van der Waals surface area contributed by atoms with Gasteiger partial charge in [-0.3, -0.25) is 9.69 Å². The smallest absolute Gasteiger partial charge is 0.247 e. The molecule has 0 fully saturated rings. The van der Waals surface area contributed by atoms with Gasteiger partial charge in [-0.05, 0) is 18.2 Å². The molecule has 0 aliphatic carbocycles. The van der Waals surface area contributed by atoms with Crippen molar-refractivity contribution in [1.29, 1.82) is 0 Å². The maximum Gasteiger partial charge on any atom is 0.247 e. The van der Waals surface area contributed by atoms with Gasteiger partial charge in [-0.15, -0.1) is 16.8 Å². The highest BCUT2D eigenvalue weighted by molar-refractivity contribution is 7.99. The summed E-state index contributed by atoms with van der Waals surface area (Å²) >= 11 is 1.38. The van der Waals surface area contributed by atoms with Crippen LogP contribution in [0.4, 0.5) is 5.69 Å².